The van der Waals surface area contributed by atoms with Gasteiger partial charge in [0.2, 0.25) is 5.91 Å². The Balaban J connectivity index is 1.58. The Kier molecular flexibility index (Phi) is 15.4. The molecule has 1 aromatic heterocycles. The minimum atomic E-state index is -6.03. The Morgan fingerprint density at radius 1 is 0.958 bits per heavy atom. The van der Waals surface area contributed by atoms with Crippen LogP contribution in [0.2, 0.25) is 0 Å². The Bertz CT molecular complexity index is 1390. The molecular formula is C23H37N3O20P2-2. The van der Waals surface area contributed by atoms with Crippen LogP contribution in [0.3, 0.4) is 0 Å². The fourth-order valence-electron chi connectivity index (χ4n) is 4.39. The van der Waals surface area contributed by atoms with Crippen LogP contribution >= 0.6 is 15.6 Å². The van der Waals surface area contributed by atoms with Gasteiger partial charge in [0.1, 0.15) is 42.7 Å². The number of carbonyl (C=O) groups excluding carboxylic acids is 1. The molecule has 0 saturated carbocycles. The third-order valence-corrected chi connectivity index (χ3v) is 9.31. The van der Waals surface area contributed by atoms with E-state index in [1.54, 1.807) is 0 Å². The zero-order chi connectivity index (χ0) is 35.6. The van der Waals surface area contributed by atoms with Gasteiger partial charge in [0.25, 0.3) is 21.2 Å². The minimum absolute atomic E-state index is 0.116. The van der Waals surface area contributed by atoms with Crippen molar-refractivity contribution in [3.8, 4) is 0 Å². The summed E-state index contributed by atoms with van der Waals surface area (Å²) in [5.41, 5.74) is -1.81. The van der Waals surface area contributed by atoms with Crippen LogP contribution in [0.1, 0.15) is 12.6 Å². The van der Waals surface area contributed by atoms with E-state index >= 15 is 0 Å². The van der Waals surface area contributed by atoms with Crippen molar-refractivity contribution in [1.82, 2.24) is 14.9 Å². The maximum Gasteiger partial charge on any atom is 0.330 e. The lowest BCUT2D eigenvalue weighted by molar-refractivity contribution is -0.285. The van der Waals surface area contributed by atoms with Gasteiger partial charge in [-0.15, -0.1) is 0 Å². The Hall–Kier alpha value is -1.99. The van der Waals surface area contributed by atoms with Crippen molar-refractivity contribution >= 4 is 21.6 Å². The summed E-state index contributed by atoms with van der Waals surface area (Å²) in [4.78, 5) is 62.6. The van der Waals surface area contributed by atoms with Gasteiger partial charge in [-0.1, -0.05) is 0 Å². The van der Waals surface area contributed by atoms with Crippen LogP contribution in [-0.2, 0) is 51.0 Å². The number of phosphoric acid groups is 2. The highest BCUT2D eigenvalue weighted by Gasteiger charge is 2.48. The lowest BCUT2D eigenvalue weighted by atomic mass is 9.97. The molecule has 1 amide bonds. The first-order valence-electron chi connectivity index (χ1n) is 14.1. The van der Waals surface area contributed by atoms with Gasteiger partial charge in [-0.2, -0.15) is 0 Å². The number of methoxy groups -OCH3 is 1. The standard InChI is InChI=1S/C23H39N3O20P2/c1-39-6-7-41-9-8-40-5-3-15(29)24-16-19(32)17(30)12(10-27)44-22(16)45-48(37,38)46-47(35,36)42-11-13-18(31)20(33)21(43-13)26-4-2-14(28)25-23(26)34/h2,4,12-13,16-22,27,30-33H,3,5-11H2,1H3,(H,24,29)(H,35,36)(H,37,38)(H,25,28,34)/p-2/t12?,13?,16?,17-,18?,19+,20?,21?,22-/m0/s1. The molecule has 7 N–H and O–H groups in total. The number of amides is 1. The zero-order valence-corrected chi connectivity index (χ0v) is 27.0. The number of hydrogen-bond donors (Lipinski definition) is 7. The molecule has 2 aliphatic heterocycles. The molecule has 0 radical (unpaired) electrons. The number of nitrogens with zero attached hydrogens (tertiary/aromatic N) is 1. The van der Waals surface area contributed by atoms with Crippen molar-refractivity contribution in [2.24, 2.45) is 0 Å². The van der Waals surface area contributed by atoms with Gasteiger partial charge in [0.15, 0.2) is 12.5 Å². The summed E-state index contributed by atoms with van der Waals surface area (Å²) in [5, 5.41) is 52.9. The first kappa shape index (κ1) is 40.4. The SMILES string of the molecule is COCCOCCOCCC(=O)NC1[C@H](OP(=O)([O-])OP(=O)([O-])OCC2OC(n3ccc(=O)[nH]c3=O)C(O)C2O)OC(CO)[C@H](O)[C@@H]1O. The quantitative estimate of drug-likeness (QED) is 0.0513. The highest BCUT2D eigenvalue weighted by atomic mass is 31.3. The van der Waals surface area contributed by atoms with Crippen LogP contribution in [0, 0.1) is 0 Å². The number of ether oxygens (including phenoxy) is 5. The van der Waals surface area contributed by atoms with Crippen molar-refractivity contribution < 1.29 is 86.3 Å². The van der Waals surface area contributed by atoms with Gasteiger partial charge in [0.05, 0.1) is 46.2 Å². The average Bonchev–Trinajstić information content (AvgIpc) is 3.29. The third kappa shape index (κ3) is 11.5. The molecule has 48 heavy (non-hydrogen) atoms. The fourth-order valence-corrected chi connectivity index (χ4v) is 6.48. The topological polar surface area (TPSA) is 339 Å². The van der Waals surface area contributed by atoms with Gasteiger partial charge in [0, 0.05) is 25.8 Å². The number of aliphatic hydroxyl groups excluding tert-OH is 5. The van der Waals surface area contributed by atoms with Crippen molar-refractivity contribution in [1.29, 1.82) is 0 Å². The lowest BCUT2D eigenvalue weighted by Crippen LogP contribution is -2.64. The van der Waals surface area contributed by atoms with E-state index < -0.39 is 101 Å². The Labute approximate surface area is 271 Å². The molecule has 3 rings (SSSR count). The number of aromatic nitrogens is 2. The molecule has 3 heterocycles. The van der Waals surface area contributed by atoms with Crippen molar-refractivity contribution in [3.05, 3.63) is 33.1 Å². The minimum Gasteiger partial charge on any atom is -0.756 e. The molecule has 11 atom stereocenters. The van der Waals surface area contributed by atoms with Gasteiger partial charge >= 0.3 is 5.69 Å². The molecule has 0 bridgehead atoms. The molecule has 2 aliphatic rings. The summed E-state index contributed by atoms with van der Waals surface area (Å²) in [7, 11) is -10.4. The fraction of sp³-hybridized carbons (Fsp3) is 0.783. The van der Waals surface area contributed by atoms with Crippen molar-refractivity contribution in [2.75, 3.05) is 53.4 Å². The highest BCUT2D eigenvalue weighted by molar-refractivity contribution is 7.59. The molecule has 8 unspecified atom stereocenters. The predicted octanol–water partition coefficient (Wildman–Crippen LogP) is -5.86. The molecule has 25 heteroatoms. The van der Waals surface area contributed by atoms with E-state index in [9.17, 15) is 58.8 Å². The normalized spacial score (nSPS) is 31.6. The van der Waals surface area contributed by atoms with Crippen LogP contribution in [-0.4, -0.2) is 143 Å². The van der Waals surface area contributed by atoms with E-state index in [0.717, 1.165) is 12.3 Å². The molecule has 0 spiro atoms. The summed E-state index contributed by atoms with van der Waals surface area (Å²) in [6, 6.07) is -0.936. The molecule has 0 aliphatic carbocycles. The van der Waals surface area contributed by atoms with Crippen LogP contribution in [0.4, 0.5) is 0 Å². The van der Waals surface area contributed by atoms with Crippen LogP contribution in [0.25, 0.3) is 0 Å². The highest BCUT2D eigenvalue weighted by Crippen LogP contribution is 2.57. The number of phosphoric ester groups is 2. The van der Waals surface area contributed by atoms with E-state index in [0.29, 0.717) is 17.8 Å². The molecule has 2 saturated heterocycles. The number of H-pyrrole nitrogens is 1. The number of rotatable bonds is 19. The van der Waals surface area contributed by atoms with Crippen LogP contribution in [0.5, 0.6) is 0 Å². The maximum absolute atomic E-state index is 12.6. The number of aromatic amines is 1. The Morgan fingerprint density at radius 2 is 1.60 bits per heavy atom. The lowest BCUT2D eigenvalue weighted by Gasteiger charge is -2.44. The molecule has 23 nitrogen and oxygen atoms in total. The van der Waals surface area contributed by atoms with E-state index in [4.69, 9.17) is 23.7 Å². The second kappa shape index (κ2) is 18.3. The molecule has 1 aromatic rings. The average molecular weight is 737 g/mol. The second-order valence-corrected chi connectivity index (χ2v) is 13.1. The summed E-state index contributed by atoms with van der Waals surface area (Å²) in [6.07, 6.45) is -14.1. The molecular weight excluding hydrogens is 700 g/mol. The van der Waals surface area contributed by atoms with E-state index in [2.05, 4.69) is 18.7 Å². The zero-order valence-electron chi connectivity index (χ0n) is 25.2. The first-order chi connectivity index (χ1) is 22.6. The third-order valence-electron chi connectivity index (χ3n) is 6.78. The first-order valence-corrected chi connectivity index (χ1v) is 17.1. The number of aliphatic hydroxyl groups is 5. The van der Waals surface area contributed by atoms with Gasteiger partial charge in [-0.3, -0.25) is 32.8 Å². The number of hydrogen-bond acceptors (Lipinski definition) is 20. The summed E-state index contributed by atoms with van der Waals surface area (Å²) in [5.74, 6) is -0.842. The van der Waals surface area contributed by atoms with E-state index in [1.165, 1.54) is 7.11 Å². The van der Waals surface area contributed by atoms with Gasteiger partial charge in [-0.05, 0) is 0 Å². The van der Waals surface area contributed by atoms with E-state index in [1.807, 2.05) is 4.98 Å². The Morgan fingerprint density at radius 3 is 2.25 bits per heavy atom. The summed E-state index contributed by atoms with van der Waals surface area (Å²) < 4.78 is 64.4. The number of carbonyl (C=O) groups is 1. The van der Waals surface area contributed by atoms with E-state index in [-0.39, 0.29) is 26.2 Å². The monoisotopic (exact) mass is 737 g/mol. The molecule has 2 fully saturated rings. The van der Waals surface area contributed by atoms with Crippen molar-refractivity contribution in [2.45, 2.75) is 61.6 Å². The molecule has 276 valence electrons. The van der Waals surface area contributed by atoms with Crippen molar-refractivity contribution in [3.63, 3.8) is 0 Å². The van der Waals surface area contributed by atoms with Crippen LogP contribution in [0.15, 0.2) is 21.9 Å². The van der Waals surface area contributed by atoms with Gasteiger partial charge < -0.3 is 68.8 Å². The van der Waals surface area contributed by atoms with Gasteiger partial charge in [-0.25, -0.2) is 9.11 Å². The second-order valence-electron chi connectivity index (χ2n) is 10.2. The molecule has 0 aromatic carbocycles. The predicted molar refractivity (Wildman–Crippen MR) is 148 cm³/mol. The largest absolute Gasteiger partial charge is 0.756 e. The maximum atomic E-state index is 12.6. The summed E-state index contributed by atoms with van der Waals surface area (Å²) >= 11 is 0. The summed E-state index contributed by atoms with van der Waals surface area (Å²) in [6.45, 7) is -1.24. The van der Waals surface area contributed by atoms with Crippen LogP contribution < -0.4 is 26.4 Å². The smallest absolute Gasteiger partial charge is 0.330 e. The number of nitrogens with one attached hydrogen (secondary N) is 2.